The minimum Gasteiger partial charge on any atom is -0.308 e. The molecule has 0 saturated carbocycles. The monoisotopic (exact) mass is 498 g/mol. The predicted octanol–water partition coefficient (Wildman–Crippen LogP) is 6.29. The molecule has 0 aliphatic heterocycles. The van der Waals surface area contributed by atoms with Crippen LogP contribution in [0.5, 0.6) is 0 Å². The molecule has 4 aromatic rings. The van der Waals surface area contributed by atoms with Crippen molar-refractivity contribution in [3.8, 4) is 0 Å². The molecule has 2 N–H and O–H groups in total. The molecule has 0 spiro atoms. The zero-order valence-electron chi connectivity index (χ0n) is 20.9. The molecular formula is C31H34N2O2S. The van der Waals surface area contributed by atoms with E-state index >= 15 is 0 Å². The van der Waals surface area contributed by atoms with E-state index in [0.29, 0.717) is 0 Å². The number of nitrogens with one attached hydrogen (secondary N) is 2. The fraction of sp³-hybridized carbons (Fsp3) is 0.226. The fourth-order valence-electron chi connectivity index (χ4n) is 4.45. The quantitative estimate of drug-likeness (QED) is 0.239. The first-order valence-corrected chi connectivity index (χ1v) is 13.9. The van der Waals surface area contributed by atoms with E-state index < -0.39 is 16.1 Å². The normalized spacial score (nSPS) is 13.3. The van der Waals surface area contributed by atoms with Gasteiger partial charge in [0.15, 0.2) is 0 Å². The molecule has 0 aliphatic rings. The molecule has 4 rings (SSSR count). The number of hydrogen-bond acceptors (Lipinski definition) is 3. The summed E-state index contributed by atoms with van der Waals surface area (Å²) < 4.78 is 30.0. The van der Waals surface area contributed by atoms with Crippen molar-refractivity contribution in [3.63, 3.8) is 0 Å². The summed E-state index contributed by atoms with van der Waals surface area (Å²) in [5, 5.41) is 3.68. The van der Waals surface area contributed by atoms with Crippen LogP contribution in [0.25, 0.3) is 0 Å². The van der Waals surface area contributed by atoms with Crippen molar-refractivity contribution in [2.75, 3.05) is 6.54 Å². The van der Waals surface area contributed by atoms with Crippen molar-refractivity contribution in [1.29, 1.82) is 0 Å². The zero-order chi connectivity index (χ0) is 25.4. The summed E-state index contributed by atoms with van der Waals surface area (Å²) in [6, 6.07) is 34.7. The van der Waals surface area contributed by atoms with Gasteiger partial charge in [-0.15, -0.1) is 0 Å². The van der Waals surface area contributed by atoms with E-state index in [9.17, 15) is 8.42 Å². The van der Waals surface area contributed by atoms with E-state index in [-0.39, 0.29) is 10.9 Å². The lowest BCUT2D eigenvalue weighted by Gasteiger charge is -2.30. The molecule has 0 fully saturated rings. The van der Waals surface area contributed by atoms with Gasteiger partial charge in [-0.05, 0) is 62.1 Å². The molecule has 1 unspecified atom stereocenters. The van der Waals surface area contributed by atoms with E-state index in [4.69, 9.17) is 0 Å². The highest BCUT2D eigenvalue weighted by Gasteiger charge is 2.29. The van der Waals surface area contributed by atoms with Crippen molar-refractivity contribution in [1.82, 2.24) is 10.0 Å². The average molecular weight is 499 g/mol. The Balaban J connectivity index is 1.61. The van der Waals surface area contributed by atoms with Gasteiger partial charge in [0.1, 0.15) is 0 Å². The molecule has 2 atom stereocenters. The lowest BCUT2D eigenvalue weighted by molar-refractivity contribution is 0.420. The summed E-state index contributed by atoms with van der Waals surface area (Å²) in [6.45, 7) is 4.81. The van der Waals surface area contributed by atoms with Crippen LogP contribution in [0.2, 0.25) is 0 Å². The van der Waals surface area contributed by atoms with Crippen LogP contribution in [-0.2, 0) is 16.4 Å². The summed E-state index contributed by atoms with van der Waals surface area (Å²) >= 11 is 0. The predicted molar refractivity (Wildman–Crippen MR) is 147 cm³/mol. The number of benzene rings is 4. The van der Waals surface area contributed by atoms with Gasteiger partial charge in [0.2, 0.25) is 10.0 Å². The molecule has 0 bridgehead atoms. The number of rotatable bonds is 11. The van der Waals surface area contributed by atoms with Crippen molar-refractivity contribution >= 4 is 10.0 Å². The minimum absolute atomic E-state index is 0.244. The molecule has 4 aromatic carbocycles. The second-order valence-electron chi connectivity index (χ2n) is 9.26. The first-order valence-electron chi connectivity index (χ1n) is 12.4. The van der Waals surface area contributed by atoms with Crippen LogP contribution >= 0.6 is 0 Å². The van der Waals surface area contributed by atoms with Gasteiger partial charge in [0.05, 0.1) is 17.0 Å². The molecule has 0 radical (unpaired) electrons. The third-order valence-corrected chi connectivity index (χ3v) is 7.81. The topological polar surface area (TPSA) is 58.2 Å². The highest BCUT2D eigenvalue weighted by Crippen LogP contribution is 2.31. The number of sulfonamides is 1. The maximum Gasteiger partial charge on any atom is 0.241 e. The third-order valence-electron chi connectivity index (χ3n) is 6.35. The average Bonchev–Trinajstić information content (AvgIpc) is 2.89. The summed E-state index contributed by atoms with van der Waals surface area (Å²) in [5.41, 5.74) is 5.54. The van der Waals surface area contributed by atoms with E-state index in [1.807, 2.05) is 79.7 Å². The summed E-state index contributed by atoms with van der Waals surface area (Å²) in [5.74, 6) is 0. The molecule has 0 aromatic heterocycles. The van der Waals surface area contributed by atoms with Crippen LogP contribution in [0.15, 0.2) is 114 Å². The summed E-state index contributed by atoms with van der Waals surface area (Å²) in [7, 11) is -3.75. The van der Waals surface area contributed by atoms with Gasteiger partial charge in [-0.25, -0.2) is 13.1 Å². The molecule has 0 amide bonds. The molecule has 0 aliphatic carbocycles. The summed E-state index contributed by atoms with van der Waals surface area (Å²) in [6.07, 6.45) is 1.90. The van der Waals surface area contributed by atoms with Gasteiger partial charge in [0, 0.05) is 0 Å². The highest BCUT2D eigenvalue weighted by atomic mass is 32.2. The third kappa shape index (κ3) is 6.91. The Hall–Kier alpha value is -3.25. The Kier molecular flexibility index (Phi) is 8.70. The largest absolute Gasteiger partial charge is 0.308 e. The second kappa shape index (κ2) is 12.1. The van der Waals surface area contributed by atoms with Gasteiger partial charge < -0.3 is 5.32 Å². The molecular weight excluding hydrogens is 464 g/mol. The van der Waals surface area contributed by atoms with Crippen LogP contribution in [0.3, 0.4) is 0 Å². The molecule has 5 heteroatoms. The van der Waals surface area contributed by atoms with E-state index in [0.717, 1.165) is 36.1 Å². The smallest absolute Gasteiger partial charge is 0.241 e. The second-order valence-corrected chi connectivity index (χ2v) is 11.0. The first-order chi connectivity index (χ1) is 17.4. The summed E-state index contributed by atoms with van der Waals surface area (Å²) in [4.78, 5) is 0.264. The maximum absolute atomic E-state index is 13.5. The molecule has 36 heavy (non-hydrogen) atoms. The van der Waals surface area contributed by atoms with Crippen molar-refractivity contribution in [2.45, 2.75) is 43.7 Å². The fourth-order valence-corrected chi connectivity index (χ4v) is 5.68. The Bertz CT molecular complexity index is 1340. The van der Waals surface area contributed by atoms with Gasteiger partial charge in [-0.3, -0.25) is 0 Å². The van der Waals surface area contributed by atoms with Crippen LogP contribution in [0, 0.1) is 13.8 Å². The Labute approximate surface area is 215 Å². The van der Waals surface area contributed by atoms with Crippen LogP contribution in [0.4, 0.5) is 0 Å². The Morgan fingerprint density at radius 2 is 1.28 bits per heavy atom. The standard InChI is InChI=1S/C31H34N2O2S/c1-24-18-20-29(21-19-24)36(34,35)33-31(28-16-7-4-8-17-28)30(27-14-5-3-6-15-27)32-22-10-13-26-12-9-11-25(2)23-26/h3-9,11-12,14-21,23,30-33H,10,13,22H2,1-2H3/t30?,31-/m0/s1. The lowest BCUT2D eigenvalue weighted by Crippen LogP contribution is -2.39. The van der Waals surface area contributed by atoms with Crippen molar-refractivity contribution in [3.05, 3.63) is 137 Å². The zero-order valence-corrected chi connectivity index (χ0v) is 21.7. The van der Waals surface area contributed by atoms with E-state index in [2.05, 4.69) is 41.2 Å². The molecule has 0 heterocycles. The van der Waals surface area contributed by atoms with E-state index in [1.54, 1.807) is 12.1 Å². The van der Waals surface area contributed by atoms with E-state index in [1.165, 1.54) is 11.1 Å². The van der Waals surface area contributed by atoms with Crippen molar-refractivity contribution in [2.24, 2.45) is 0 Å². The lowest BCUT2D eigenvalue weighted by atomic mass is 9.94. The van der Waals surface area contributed by atoms with Crippen molar-refractivity contribution < 1.29 is 8.42 Å². The Morgan fingerprint density at radius 3 is 1.89 bits per heavy atom. The Morgan fingerprint density at radius 1 is 0.667 bits per heavy atom. The number of hydrogen-bond donors (Lipinski definition) is 2. The minimum atomic E-state index is -3.75. The van der Waals surface area contributed by atoms with Crippen LogP contribution in [0.1, 0.15) is 46.3 Å². The van der Waals surface area contributed by atoms with Gasteiger partial charge >= 0.3 is 0 Å². The maximum atomic E-state index is 13.5. The number of aryl methyl sites for hydroxylation is 3. The van der Waals surface area contributed by atoms with Gasteiger partial charge in [-0.2, -0.15) is 0 Å². The molecule has 4 nitrogen and oxygen atoms in total. The SMILES string of the molecule is Cc1ccc(S(=O)(=O)N[C@@H](c2ccccc2)C(NCCCc2cccc(C)c2)c2ccccc2)cc1. The van der Waals surface area contributed by atoms with Crippen LogP contribution < -0.4 is 10.0 Å². The highest BCUT2D eigenvalue weighted by molar-refractivity contribution is 7.89. The molecule has 0 saturated heterocycles. The van der Waals surface area contributed by atoms with Crippen LogP contribution in [-0.4, -0.2) is 15.0 Å². The molecule has 186 valence electrons. The van der Waals surface area contributed by atoms with Gasteiger partial charge in [-0.1, -0.05) is 108 Å². The van der Waals surface area contributed by atoms with Gasteiger partial charge in [0.25, 0.3) is 0 Å². The first kappa shape index (κ1) is 25.8.